The largest absolute Gasteiger partial charge is 0.261 e. The highest BCUT2D eigenvalue weighted by Crippen LogP contribution is 2.11. The topological polar surface area (TPSA) is 25.8 Å². The number of nitrogens with zero attached hydrogens (tertiary/aromatic N) is 2. The minimum absolute atomic E-state index is 1.01. The molecule has 0 aliphatic heterocycles. The molecule has 2 aromatic heterocycles. The molecule has 0 fully saturated rings. The fourth-order valence-electron chi connectivity index (χ4n) is 1.15. The van der Waals surface area contributed by atoms with Gasteiger partial charge in [-0.15, -0.1) is 0 Å². The van der Waals surface area contributed by atoms with Crippen molar-refractivity contribution in [1.82, 2.24) is 9.97 Å². The number of aryl methyl sites for hydroxylation is 1. The SMILES string of the molecule is CC.Cc1nccc2ncccc12. The summed E-state index contributed by atoms with van der Waals surface area (Å²) in [6.07, 6.45) is 3.58. The molecule has 0 saturated carbocycles. The van der Waals surface area contributed by atoms with Crippen molar-refractivity contribution >= 4 is 10.9 Å². The second-order valence-corrected chi connectivity index (χ2v) is 2.47. The van der Waals surface area contributed by atoms with Gasteiger partial charge in [-0.2, -0.15) is 0 Å². The second kappa shape index (κ2) is 4.55. The van der Waals surface area contributed by atoms with E-state index in [9.17, 15) is 0 Å². The zero-order valence-corrected chi connectivity index (χ0v) is 8.28. The molecule has 0 aliphatic carbocycles. The third-order valence-corrected chi connectivity index (χ3v) is 1.73. The van der Waals surface area contributed by atoms with Crippen molar-refractivity contribution in [2.75, 3.05) is 0 Å². The Kier molecular flexibility index (Phi) is 3.38. The molecule has 2 nitrogen and oxygen atoms in total. The van der Waals surface area contributed by atoms with E-state index in [0.29, 0.717) is 0 Å². The number of pyridine rings is 2. The molecular formula is C11H14N2. The number of hydrogen-bond acceptors (Lipinski definition) is 2. The van der Waals surface area contributed by atoms with Crippen molar-refractivity contribution in [2.24, 2.45) is 0 Å². The van der Waals surface area contributed by atoms with Crippen LogP contribution in [-0.4, -0.2) is 9.97 Å². The maximum atomic E-state index is 4.20. The standard InChI is InChI=1S/C9H8N2.C2H6/c1-7-8-3-2-5-11-9(8)4-6-10-7;1-2/h2-6H,1H3;1-2H3. The average molecular weight is 174 g/mol. The molecule has 0 unspecified atom stereocenters. The molecule has 68 valence electrons. The first-order valence-electron chi connectivity index (χ1n) is 4.54. The van der Waals surface area contributed by atoms with E-state index in [-0.39, 0.29) is 0 Å². The molecular weight excluding hydrogens is 160 g/mol. The van der Waals surface area contributed by atoms with Gasteiger partial charge in [-0.3, -0.25) is 9.97 Å². The van der Waals surface area contributed by atoms with Crippen molar-refractivity contribution in [2.45, 2.75) is 20.8 Å². The van der Waals surface area contributed by atoms with E-state index in [2.05, 4.69) is 9.97 Å². The highest BCUT2D eigenvalue weighted by molar-refractivity contribution is 5.79. The zero-order chi connectivity index (χ0) is 9.68. The lowest BCUT2D eigenvalue weighted by Crippen LogP contribution is -1.83. The number of rotatable bonds is 0. The molecule has 0 saturated heterocycles. The molecule has 0 radical (unpaired) electrons. The van der Waals surface area contributed by atoms with Crippen LogP contribution in [0, 0.1) is 6.92 Å². The van der Waals surface area contributed by atoms with Gasteiger partial charge < -0.3 is 0 Å². The lowest BCUT2D eigenvalue weighted by Gasteiger charge is -1.97. The summed E-state index contributed by atoms with van der Waals surface area (Å²) in [6, 6.07) is 5.88. The van der Waals surface area contributed by atoms with E-state index in [1.165, 1.54) is 0 Å². The number of aromatic nitrogens is 2. The predicted molar refractivity (Wildman–Crippen MR) is 55.6 cm³/mol. The van der Waals surface area contributed by atoms with E-state index in [1.54, 1.807) is 12.4 Å². The van der Waals surface area contributed by atoms with Crippen molar-refractivity contribution in [1.29, 1.82) is 0 Å². The molecule has 13 heavy (non-hydrogen) atoms. The monoisotopic (exact) mass is 174 g/mol. The molecule has 0 spiro atoms. The molecule has 0 N–H and O–H groups in total. The summed E-state index contributed by atoms with van der Waals surface area (Å²) in [6.45, 7) is 5.99. The molecule has 2 heterocycles. The highest BCUT2D eigenvalue weighted by atomic mass is 14.7. The van der Waals surface area contributed by atoms with Gasteiger partial charge in [0, 0.05) is 23.5 Å². The molecule has 0 amide bonds. The van der Waals surface area contributed by atoms with Crippen molar-refractivity contribution in [3.63, 3.8) is 0 Å². The Balaban J connectivity index is 0.000000396. The Labute approximate surface area is 78.7 Å². The normalized spacial score (nSPS) is 9.15. The van der Waals surface area contributed by atoms with Gasteiger partial charge in [0.15, 0.2) is 0 Å². The minimum atomic E-state index is 1.01. The van der Waals surface area contributed by atoms with E-state index in [1.807, 2.05) is 39.0 Å². The van der Waals surface area contributed by atoms with Gasteiger partial charge in [-0.05, 0) is 25.1 Å². The van der Waals surface area contributed by atoms with E-state index in [4.69, 9.17) is 0 Å². The first-order valence-corrected chi connectivity index (χ1v) is 4.54. The summed E-state index contributed by atoms with van der Waals surface area (Å²) in [5.41, 5.74) is 2.05. The Morgan fingerprint density at radius 2 is 1.77 bits per heavy atom. The van der Waals surface area contributed by atoms with Crippen LogP contribution in [-0.2, 0) is 0 Å². The molecule has 0 atom stereocenters. The first-order chi connectivity index (χ1) is 6.38. The Morgan fingerprint density at radius 3 is 2.46 bits per heavy atom. The lowest BCUT2D eigenvalue weighted by atomic mass is 10.2. The van der Waals surface area contributed by atoms with Gasteiger partial charge in [0.25, 0.3) is 0 Å². The Bertz CT molecular complexity index is 377. The van der Waals surface area contributed by atoms with Gasteiger partial charge in [0.1, 0.15) is 0 Å². The summed E-state index contributed by atoms with van der Waals surface area (Å²) >= 11 is 0. The van der Waals surface area contributed by atoms with Crippen LogP contribution in [0.25, 0.3) is 10.9 Å². The Morgan fingerprint density at radius 1 is 1.00 bits per heavy atom. The summed E-state index contributed by atoms with van der Waals surface area (Å²) in [7, 11) is 0. The van der Waals surface area contributed by atoms with E-state index < -0.39 is 0 Å². The summed E-state index contributed by atoms with van der Waals surface area (Å²) in [4.78, 5) is 8.37. The molecule has 2 heteroatoms. The smallest absolute Gasteiger partial charge is 0.0735 e. The van der Waals surface area contributed by atoms with E-state index in [0.717, 1.165) is 16.6 Å². The average Bonchev–Trinajstić information content (AvgIpc) is 2.22. The maximum absolute atomic E-state index is 4.20. The summed E-state index contributed by atoms with van der Waals surface area (Å²) < 4.78 is 0. The minimum Gasteiger partial charge on any atom is -0.261 e. The molecule has 2 aromatic rings. The number of fused-ring (bicyclic) bond motifs is 1. The summed E-state index contributed by atoms with van der Waals surface area (Å²) in [5, 5.41) is 1.13. The van der Waals surface area contributed by atoms with Crippen molar-refractivity contribution < 1.29 is 0 Å². The third-order valence-electron chi connectivity index (χ3n) is 1.73. The van der Waals surface area contributed by atoms with Crippen LogP contribution in [0.4, 0.5) is 0 Å². The molecule has 0 aromatic carbocycles. The van der Waals surface area contributed by atoms with Crippen molar-refractivity contribution in [3.8, 4) is 0 Å². The maximum Gasteiger partial charge on any atom is 0.0735 e. The van der Waals surface area contributed by atoms with Gasteiger partial charge in [0.05, 0.1) is 5.52 Å². The zero-order valence-electron chi connectivity index (χ0n) is 8.28. The third kappa shape index (κ3) is 2.02. The van der Waals surface area contributed by atoms with Crippen LogP contribution in [0.2, 0.25) is 0 Å². The lowest BCUT2D eigenvalue weighted by molar-refractivity contribution is 1.22. The number of hydrogen-bond donors (Lipinski definition) is 0. The quantitative estimate of drug-likeness (QED) is 0.613. The van der Waals surface area contributed by atoms with Crippen LogP contribution in [0.3, 0.4) is 0 Å². The highest BCUT2D eigenvalue weighted by Gasteiger charge is 1.94. The molecule has 2 rings (SSSR count). The summed E-state index contributed by atoms with van der Waals surface area (Å²) in [5.74, 6) is 0. The predicted octanol–water partition coefficient (Wildman–Crippen LogP) is 2.96. The fraction of sp³-hybridized carbons (Fsp3) is 0.273. The van der Waals surface area contributed by atoms with E-state index >= 15 is 0 Å². The fourth-order valence-corrected chi connectivity index (χ4v) is 1.15. The van der Waals surface area contributed by atoms with Gasteiger partial charge in [-0.1, -0.05) is 13.8 Å². The van der Waals surface area contributed by atoms with Gasteiger partial charge >= 0.3 is 0 Å². The first kappa shape index (κ1) is 9.65. The van der Waals surface area contributed by atoms with Crippen LogP contribution >= 0.6 is 0 Å². The van der Waals surface area contributed by atoms with Crippen LogP contribution in [0.15, 0.2) is 30.6 Å². The Hall–Kier alpha value is -1.44. The van der Waals surface area contributed by atoms with Crippen LogP contribution in [0.5, 0.6) is 0 Å². The van der Waals surface area contributed by atoms with Crippen LogP contribution in [0.1, 0.15) is 19.5 Å². The molecule has 0 aliphatic rings. The van der Waals surface area contributed by atoms with Gasteiger partial charge in [0.2, 0.25) is 0 Å². The van der Waals surface area contributed by atoms with Crippen molar-refractivity contribution in [3.05, 3.63) is 36.3 Å². The van der Waals surface area contributed by atoms with Gasteiger partial charge in [-0.25, -0.2) is 0 Å². The second-order valence-electron chi connectivity index (χ2n) is 2.47. The molecule has 0 bridgehead atoms. The van der Waals surface area contributed by atoms with Crippen LogP contribution < -0.4 is 0 Å².